The average Bonchev–Trinajstić information content (AvgIpc) is 2.99. The lowest BCUT2D eigenvalue weighted by Crippen LogP contribution is -2.28. The topological polar surface area (TPSA) is 84.7 Å². The quantitative estimate of drug-likeness (QED) is 0.737. The van der Waals surface area contributed by atoms with Crippen LogP contribution in [0.2, 0.25) is 5.02 Å². The van der Waals surface area contributed by atoms with Crippen LogP contribution < -0.4 is 10.1 Å². The van der Waals surface area contributed by atoms with Gasteiger partial charge in [0.2, 0.25) is 11.8 Å². The summed E-state index contributed by atoms with van der Waals surface area (Å²) in [7, 11) is 3.26. The molecule has 0 unspecified atom stereocenters. The number of methoxy groups -OCH3 is 1. The summed E-state index contributed by atoms with van der Waals surface area (Å²) in [6, 6.07) is 6.89. The Balaban J connectivity index is 1.78. The lowest BCUT2D eigenvalue weighted by Gasteiger charge is -2.19. The molecule has 0 aliphatic rings. The monoisotopic (exact) mass is 397 g/mol. The second kappa shape index (κ2) is 9.49. The van der Waals surface area contributed by atoms with Crippen LogP contribution in [-0.4, -0.2) is 47.5 Å². The van der Waals surface area contributed by atoms with Crippen LogP contribution in [0.4, 0.5) is 5.82 Å². The van der Waals surface area contributed by atoms with Gasteiger partial charge in [-0.25, -0.2) is 0 Å². The van der Waals surface area contributed by atoms with Crippen molar-refractivity contribution in [1.82, 2.24) is 10.1 Å². The highest BCUT2D eigenvalue weighted by molar-refractivity contribution is 8.00. The number of nitrogens with one attached hydrogen (secondary N) is 1. The third kappa shape index (κ3) is 5.96. The Labute approximate surface area is 161 Å². The van der Waals surface area contributed by atoms with Gasteiger partial charge in [0.05, 0.1) is 18.6 Å². The second-order valence-corrected chi connectivity index (χ2v) is 6.99. The van der Waals surface area contributed by atoms with Crippen molar-refractivity contribution in [3.63, 3.8) is 0 Å². The van der Waals surface area contributed by atoms with E-state index in [1.807, 2.05) is 0 Å². The van der Waals surface area contributed by atoms with Gasteiger partial charge in [-0.15, -0.1) is 11.8 Å². The van der Waals surface area contributed by atoms with E-state index in [0.29, 0.717) is 28.9 Å². The molecule has 0 radical (unpaired) electrons. The maximum Gasteiger partial charge on any atom is 0.235 e. The number of thioether (sulfide) groups is 1. The number of benzene rings is 1. The van der Waals surface area contributed by atoms with Gasteiger partial charge >= 0.3 is 0 Å². The van der Waals surface area contributed by atoms with Gasteiger partial charge in [-0.2, -0.15) is 0 Å². The van der Waals surface area contributed by atoms with Gasteiger partial charge in [0, 0.05) is 30.2 Å². The van der Waals surface area contributed by atoms with Gasteiger partial charge in [0.15, 0.2) is 5.82 Å². The highest BCUT2D eigenvalue weighted by atomic mass is 35.5. The summed E-state index contributed by atoms with van der Waals surface area (Å²) in [5.41, 5.74) is 0.819. The van der Waals surface area contributed by atoms with E-state index < -0.39 is 0 Å². The molecule has 1 aromatic heterocycles. The number of aryl methyl sites for hydroxylation is 1. The van der Waals surface area contributed by atoms with Crippen molar-refractivity contribution < 1.29 is 18.8 Å². The number of carbonyl (C=O) groups is 2. The second-order valence-electron chi connectivity index (χ2n) is 5.57. The predicted octanol–water partition coefficient (Wildman–Crippen LogP) is 2.98. The van der Waals surface area contributed by atoms with Crippen LogP contribution in [0, 0.1) is 6.92 Å². The number of carbonyl (C=O) groups excluding carboxylic acids is 2. The molecule has 0 atom stereocenters. The Bertz CT molecular complexity index is 781. The molecule has 2 rings (SSSR count). The minimum absolute atomic E-state index is 0.0953. The molecule has 9 heteroatoms. The fraction of sp³-hybridized carbons (Fsp3) is 0.353. The van der Waals surface area contributed by atoms with E-state index in [-0.39, 0.29) is 23.3 Å². The molecule has 26 heavy (non-hydrogen) atoms. The van der Waals surface area contributed by atoms with E-state index in [9.17, 15) is 9.59 Å². The molecule has 1 heterocycles. The lowest BCUT2D eigenvalue weighted by molar-refractivity contribution is -0.127. The summed E-state index contributed by atoms with van der Waals surface area (Å²) in [6.45, 7) is 2.11. The molecular weight excluding hydrogens is 378 g/mol. The summed E-state index contributed by atoms with van der Waals surface area (Å²) < 4.78 is 10.2. The van der Waals surface area contributed by atoms with Gasteiger partial charge in [-0.05, 0) is 25.1 Å². The molecular formula is C17H20ClN3O4S. The van der Waals surface area contributed by atoms with E-state index in [2.05, 4.69) is 10.5 Å². The summed E-state index contributed by atoms with van der Waals surface area (Å²) in [5, 5.41) is 6.87. The van der Waals surface area contributed by atoms with Crippen LogP contribution in [0.5, 0.6) is 5.75 Å². The van der Waals surface area contributed by atoms with Gasteiger partial charge in [0.1, 0.15) is 11.5 Å². The van der Waals surface area contributed by atoms with Gasteiger partial charge in [-0.1, -0.05) is 16.8 Å². The first-order valence-corrected chi connectivity index (χ1v) is 9.29. The Morgan fingerprint density at radius 1 is 1.35 bits per heavy atom. The lowest BCUT2D eigenvalue weighted by atomic mass is 10.2. The third-order valence-corrected chi connectivity index (χ3v) is 4.58. The Hall–Kier alpha value is -2.19. The van der Waals surface area contributed by atoms with Crippen LogP contribution in [-0.2, 0) is 16.1 Å². The van der Waals surface area contributed by atoms with Crippen LogP contribution in [0.15, 0.2) is 28.8 Å². The SMILES string of the molecule is COc1ccc(Cl)cc1CN(C)C(=O)CSCC(=O)Nc1cc(C)on1. The zero-order valence-corrected chi connectivity index (χ0v) is 16.3. The highest BCUT2D eigenvalue weighted by Gasteiger charge is 2.14. The summed E-state index contributed by atoms with van der Waals surface area (Å²) in [5.74, 6) is 1.64. The van der Waals surface area contributed by atoms with Crippen LogP contribution in [0.1, 0.15) is 11.3 Å². The van der Waals surface area contributed by atoms with Crippen LogP contribution >= 0.6 is 23.4 Å². The largest absolute Gasteiger partial charge is 0.496 e. The van der Waals surface area contributed by atoms with E-state index in [0.717, 1.165) is 5.56 Å². The van der Waals surface area contributed by atoms with Gasteiger partial charge in [0.25, 0.3) is 0 Å². The molecule has 0 spiro atoms. The molecule has 0 bridgehead atoms. The zero-order valence-electron chi connectivity index (χ0n) is 14.7. The Morgan fingerprint density at radius 2 is 2.12 bits per heavy atom. The molecule has 2 aromatic rings. The molecule has 0 aliphatic carbocycles. The molecule has 7 nitrogen and oxygen atoms in total. The molecule has 0 aliphatic heterocycles. The number of anilines is 1. The van der Waals surface area contributed by atoms with Gasteiger partial charge < -0.3 is 19.5 Å². The number of hydrogen-bond donors (Lipinski definition) is 1. The van der Waals surface area contributed by atoms with Crippen molar-refractivity contribution in [3.05, 3.63) is 40.6 Å². The van der Waals surface area contributed by atoms with E-state index >= 15 is 0 Å². The van der Waals surface area contributed by atoms with Crippen molar-refractivity contribution in [2.75, 3.05) is 31.0 Å². The number of amides is 2. The maximum absolute atomic E-state index is 12.2. The first-order chi connectivity index (χ1) is 12.4. The van der Waals surface area contributed by atoms with Crippen molar-refractivity contribution in [2.24, 2.45) is 0 Å². The normalized spacial score (nSPS) is 10.5. The standard InChI is InChI=1S/C17H20ClN3O4S/c1-11-6-15(20-25-11)19-16(22)9-26-10-17(23)21(2)8-12-7-13(18)4-5-14(12)24-3/h4-7H,8-10H2,1-3H3,(H,19,20,22). The minimum atomic E-state index is -0.240. The summed E-state index contributed by atoms with van der Waals surface area (Å²) >= 11 is 7.23. The zero-order chi connectivity index (χ0) is 19.1. The molecule has 0 saturated carbocycles. The van der Waals surface area contributed by atoms with Crippen molar-refractivity contribution >= 4 is 41.0 Å². The minimum Gasteiger partial charge on any atom is -0.496 e. The number of hydrogen-bond acceptors (Lipinski definition) is 6. The number of rotatable bonds is 8. The molecule has 2 amide bonds. The number of aromatic nitrogens is 1. The number of nitrogens with zero attached hydrogens (tertiary/aromatic N) is 2. The van der Waals surface area contributed by atoms with Crippen molar-refractivity contribution in [2.45, 2.75) is 13.5 Å². The first kappa shape index (κ1) is 20.1. The summed E-state index contributed by atoms with van der Waals surface area (Å²) in [4.78, 5) is 25.6. The smallest absolute Gasteiger partial charge is 0.235 e. The molecule has 1 aromatic carbocycles. The predicted molar refractivity (Wildman–Crippen MR) is 102 cm³/mol. The number of halogens is 1. The Morgan fingerprint density at radius 3 is 2.77 bits per heavy atom. The first-order valence-electron chi connectivity index (χ1n) is 7.76. The molecule has 0 saturated heterocycles. The van der Waals surface area contributed by atoms with Crippen LogP contribution in [0.3, 0.4) is 0 Å². The van der Waals surface area contributed by atoms with E-state index in [4.69, 9.17) is 20.9 Å². The van der Waals surface area contributed by atoms with Crippen molar-refractivity contribution in [1.29, 1.82) is 0 Å². The van der Waals surface area contributed by atoms with E-state index in [1.165, 1.54) is 11.8 Å². The van der Waals surface area contributed by atoms with Gasteiger partial charge in [-0.3, -0.25) is 9.59 Å². The molecule has 1 N–H and O–H groups in total. The molecule has 140 valence electrons. The summed E-state index contributed by atoms with van der Waals surface area (Å²) in [6.07, 6.45) is 0. The number of ether oxygens (including phenoxy) is 1. The average molecular weight is 398 g/mol. The van der Waals surface area contributed by atoms with E-state index in [1.54, 1.807) is 50.2 Å². The fourth-order valence-corrected chi connectivity index (χ4v) is 3.11. The van der Waals surface area contributed by atoms with Crippen molar-refractivity contribution in [3.8, 4) is 5.75 Å². The fourth-order valence-electron chi connectivity index (χ4n) is 2.16. The maximum atomic E-state index is 12.2. The van der Waals surface area contributed by atoms with Crippen LogP contribution in [0.25, 0.3) is 0 Å². The third-order valence-electron chi connectivity index (χ3n) is 3.43. The highest BCUT2D eigenvalue weighted by Crippen LogP contribution is 2.24. The molecule has 0 fully saturated rings. The Kier molecular flexibility index (Phi) is 7.35.